The molecule has 0 aromatic heterocycles. The Bertz CT molecular complexity index is 345. The molecule has 21 heavy (non-hydrogen) atoms. The molecular formula is C16H29N3O2. The minimum atomic E-state index is 0.101. The Labute approximate surface area is 127 Å². The highest BCUT2D eigenvalue weighted by atomic mass is 16.5. The highest BCUT2D eigenvalue weighted by Gasteiger charge is 2.32. The Morgan fingerprint density at radius 3 is 2.38 bits per heavy atom. The summed E-state index contributed by atoms with van der Waals surface area (Å²) in [5.74, 6) is 1.64. The van der Waals surface area contributed by atoms with E-state index in [-0.39, 0.29) is 11.9 Å². The molecule has 120 valence electrons. The monoisotopic (exact) mass is 295 g/mol. The van der Waals surface area contributed by atoms with Gasteiger partial charge in [0.2, 0.25) is 5.91 Å². The summed E-state index contributed by atoms with van der Waals surface area (Å²) in [6.45, 7) is 6.89. The lowest BCUT2D eigenvalue weighted by molar-refractivity contribution is -0.133. The van der Waals surface area contributed by atoms with Crippen molar-refractivity contribution in [1.29, 1.82) is 0 Å². The Hall–Kier alpha value is -0.650. The minimum absolute atomic E-state index is 0.101. The molecule has 3 fully saturated rings. The van der Waals surface area contributed by atoms with Gasteiger partial charge in [0.25, 0.3) is 0 Å². The second-order valence-electron chi connectivity index (χ2n) is 6.94. The molecule has 3 aliphatic rings. The predicted molar refractivity (Wildman–Crippen MR) is 81.9 cm³/mol. The molecule has 2 aliphatic heterocycles. The number of nitrogens with zero attached hydrogens (tertiary/aromatic N) is 2. The summed E-state index contributed by atoms with van der Waals surface area (Å²) in [4.78, 5) is 16.8. The summed E-state index contributed by atoms with van der Waals surface area (Å²) in [6.07, 6.45) is 5.27. The molecule has 0 spiro atoms. The smallest absolute Gasteiger partial charge is 0.224 e. The van der Waals surface area contributed by atoms with E-state index in [1.165, 1.54) is 19.4 Å². The molecule has 2 heterocycles. The summed E-state index contributed by atoms with van der Waals surface area (Å²) in [5.41, 5.74) is 6.07. The van der Waals surface area contributed by atoms with Crippen LogP contribution in [0.15, 0.2) is 0 Å². The topological polar surface area (TPSA) is 58.8 Å². The second-order valence-corrected chi connectivity index (χ2v) is 6.94. The number of nitrogens with two attached hydrogens (primary N) is 1. The van der Waals surface area contributed by atoms with Crippen LogP contribution < -0.4 is 5.73 Å². The molecule has 0 aromatic carbocycles. The average molecular weight is 295 g/mol. The molecule has 5 heteroatoms. The number of likely N-dealkylation sites (tertiary alicyclic amines) is 1. The first kappa shape index (κ1) is 15.3. The largest absolute Gasteiger partial charge is 0.379 e. The number of piperidine rings is 1. The van der Waals surface area contributed by atoms with E-state index in [4.69, 9.17) is 10.5 Å². The van der Waals surface area contributed by atoms with Gasteiger partial charge in [-0.2, -0.15) is 0 Å². The number of carbonyl (C=O) groups excluding carboxylic acids is 1. The van der Waals surface area contributed by atoms with Gasteiger partial charge >= 0.3 is 0 Å². The lowest BCUT2D eigenvalue weighted by atomic mass is 9.95. The van der Waals surface area contributed by atoms with Crippen LogP contribution in [0.4, 0.5) is 0 Å². The minimum Gasteiger partial charge on any atom is -0.379 e. The average Bonchev–Trinajstić information content (AvgIpc) is 3.33. The second kappa shape index (κ2) is 7.07. The maximum Gasteiger partial charge on any atom is 0.224 e. The summed E-state index contributed by atoms with van der Waals surface area (Å²) < 4.78 is 5.39. The lowest BCUT2D eigenvalue weighted by Crippen LogP contribution is -2.45. The summed E-state index contributed by atoms with van der Waals surface area (Å²) in [6, 6.07) is 0.101. The Morgan fingerprint density at radius 1 is 1.10 bits per heavy atom. The van der Waals surface area contributed by atoms with Crippen LogP contribution in [0.5, 0.6) is 0 Å². The number of rotatable bonds is 5. The maximum absolute atomic E-state index is 12.3. The van der Waals surface area contributed by atoms with Crippen molar-refractivity contribution in [1.82, 2.24) is 9.80 Å². The third kappa shape index (κ3) is 4.41. The summed E-state index contributed by atoms with van der Waals surface area (Å²) in [7, 11) is 0. The maximum atomic E-state index is 12.3. The van der Waals surface area contributed by atoms with Gasteiger partial charge in [0.05, 0.1) is 13.2 Å². The van der Waals surface area contributed by atoms with Crippen LogP contribution >= 0.6 is 0 Å². The normalized spacial score (nSPS) is 26.8. The van der Waals surface area contributed by atoms with Gasteiger partial charge in [0.15, 0.2) is 0 Å². The van der Waals surface area contributed by atoms with E-state index in [2.05, 4.69) is 4.90 Å². The highest BCUT2D eigenvalue weighted by molar-refractivity contribution is 5.77. The van der Waals surface area contributed by atoms with Gasteiger partial charge in [-0.25, -0.2) is 0 Å². The van der Waals surface area contributed by atoms with E-state index in [9.17, 15) is 4.79 Å². The summed E-state index contributed by atoms with van der Waals surface area (Å²) in [5, 5.41) is 0. The van der Waals surface area contributed by atoms with Gasteiger partial charge < -0.3 is 15.4 Å². The van der Waals surface area contributed by atoms with Crippen molar-refractivity contribution in [2.24, 2.45) is 17.6 Å². The van der Waals surface area contributed by atoms with E-state index in [1.807, 2.05) is 4.90 Å². The number of amides is 1. The third-order valence-corrected chi connectivity index (χ3v) is 5.23. The molecule has 5 nitrogen and oxygen atoms in total. The van der Waals surface area contributed by atoms with Crippen molar-refractivity contribution in [2.45, 2.75) is 38.1 Å². The van der Waals surface area contributed by atoms with Crippen LogP contribution in [0, 0.1) is 11.8 Å². The van der Waals surface area contributed by atoms with Gasteiger partial charge in [0, 0.05) is 45.2 Å². The molecule has 0 bridgehead atoms. The van der Waals surface area contributed by atoms with Crippen LogP contribution in [0.3, 0.4) is 0 Å². The zero-order valence-corrected chi connectivity index (χ0v) is 13.0. The number of carbonyl (C=O) groups is 1. The molecular weight excluding hydrogens is 266 g/mol. The van der Waals surface area contributed by atoms with E-state index in [1.54, 1.807) is 0 Å². The van der Waals surface area contributed by atoms with Crippen molar-refractivity contribution >= 4 is 5.91 Å². The third-order valence-electron chi connectivity index (χ3n) is 5.23. The zero-order valence-electron chi connectivity index (χ0n) is 13.0. The predicted octanol–water partition coefficient (Wildman–Crippen LogP) is 0.685. The van der Waals surface area contributed by atoms with Crippen LogP contribution in [0.2, 0.25) is 0 Å². The molecule has 3 rings (SSSR count). The van der Waals surface area contributed by atoms with Crippen molar-refractivity contribution in [3.8, 4) is 0 Å². The molecule has 1 saturated carbocycles. The van der Waals surface area contributed by atoms with Crippen molar-refractivity contribution < 1.29 is 9.53 Å². The Balaban J connectivity index is 1.36. The fraction of sp³-hybridized carbons (Fsp3) is 0.938. The van der Waals surface area contributed by atoms with Crippen LogP contribution in [0.25, 0.3) is 0 Å². The Morgan fingerprint density at radius 2 is 1.76 bits per heavy atom. The number of ether oxygens (including phenoxy) is 1. The van der Waals surface area contributed by atoms with E-state index in [0.717, 1.165) is 58.2 Å². The number of morpholine rings is 1. The van der Waals surface area contributed by atoms with Gasteiger partial charge in [-0.1, -0.05) is 0 Å². The van der Waals surface area contributed by atoms with Crippen LogP contribution in [0.1, 0.15) is 32.1 Å². The van der Waals surface area contributed by atoms with Gasteiger partial charge in [-0.3, -0.25) is 9.69 Å². The molecule has 2 saturated heterocycles. The zero-order chi connectivity index (χ0) is 14.7. The molecule has 0 aromatic rings. The van der Waals surface area contributed by atoms with E-state index >= 15 is 0 Å². The van der Waals surface area contributed by atoms with Gasteiger partial charge in [0.1, 0.15) is 0 Å². The fourth-order valence-electron chi connectivity index (χ4n) is 3.54. The van der Waals surface area contributed by atoms with E-state index in [0.29, 0.717) is 12.3 Å². The molecule has 2 N–H and O–H groups in total. The fourth-order valence-corrected chi connectivity index (χ4v) is 3.54. The molecule has 1 aliphatic carbocycles. The van der Waals surface area contributed by atoms with Crippen molar-refractivity contribution in [2.75, 3.05) is 45.9 Å². The van der Waals surface area contributed by atoms with Crippen LogP contribution in [-0.4, -0.2) is 67.7 Å². The molecule has 1 atom stereocenters. The first-order chi connectivity index (χ1) is 10.2. The molecule has 0 radical (unpaired) electrons. The first-order valence-electron chi connectivity index (χ1n) is 8.56. The van der Waals surface area contributed by atoms with Crippen molar-refractivity contribution in [3.05, 3.63) is 0 Å². The SMILES string of the molecule is NC(CC(=O)N1CCC(CN2CCOCC2)CC1)C1CC1. The van der Waals surface area contributed by atoms with Crippen molar-refractivity contribution in [3.63, 3.8) is 0 Å². The Kier molecular flexibility index (Phi) is 5.14. The standard InChI is InChI=1S/C16H29N3O2/c17-15(14-1-2-14)11-16(20)19-5-3-13(4-6-19)12-18-7-9-21-10-8-18/h13-15H,1-12,17H2. The first-order valence-corrected chi connectivity index (χ1v) is 8.56. The number of hydrogen-bond donors (Lipinski definition) is 1. The molecule has 1 amide bonds. The number of hydrogen-bond acceptors (Lipinski definition) is 4. The lowest BCUT2D eigenvalue weighted by Gasteiger charge is -2.36. The van der Waals surface area contributed by atoms with Gasteiger partial charge in [-0.05, 0) is 37.5 Å². The van der Waals surface area contributed by atoms with Crippen LogP contribution in [-0.2, 0) is 9.53 Å². The highest BCUT2D eigenvalue weighted by Crippen LogP contribution is 2.33. The quantitative estimate of drug-likeness (QED) is 0.810. The van der Waals surface area contributed by atoms with Gasteiger partial charge in [-0.15, -0.1) is 0 Å². The summed E-state index contributed by atoms with van der Waals surface area (Å²) >= 11 is 0. The molecule has 1 unspecified atom stereocenters. The van der Waals surface area contributed by atoms with E-state index < -0.39 is 0 Å².